The van der Waals surface area contributed by atoms with Crippen LogP contribution in [0.15, 0.2) is 37.0 Å². The normalized spacial score (nSPS) is 13.4. The van der Waals surface area contributed by atoms with Gasteiger partial charge in [0.25, 0.3) is 0 Å². The Morgan fingerprint density at radius 3 is 2.63 bits per heavy atom. The lowest BCUT2D eigenvalue weighted by atomic mass is 10.1. The molecule has 0 saturated carbocycles. The standard InChI is InChI=1S/C17H22O2/c1-3-5-10-14-17(19)15-12-9-7-6-8-11-13-16(18)4-2/h4,7,9,12,15-19H,2-3,5,10,14H2,1H3/b9-7+,15-12+. The van der Waals surface area contributed by atoms with Crippen LogP contribution < -0.4 is 0 Å². The number of rotatable bonds is 7. The molecule has 0 fully saturated rings. The maximum Gasteiger partial charge on any atom is 0.134 e. The van der Waals surface area contributed by atoms with Gasteiger partial charge in [-0.2, -0.15) is 0 Å². The first-order valence-electron chi connectivity index (χ1n) is 6.53. The number of allylic oxidation sites excluding steroid dienone is 3. The Morgan fingerprint density at radius 1 is 1.16 bits per heavy atom. The van der Waals surface area contributed by atoms with Crippen LogP contribution in [0.1, 0.15) is 32.6 Å². The molecule has 19 heavy (non-hydrogen) atoms. The molecule has 2 N–H and O–H groups in total. The Bertz CT molecular complexity index is 410. The van der Waals surface area contributed by atoms with Crippen molar-refractivity contribution in [2.24, 2.45) is 0 Å². The molecule has 0 bridgehead atoms. The van der Waals surface area contributed by atoms with Gasteiger partial charge in [0.05, 0.1) is 6.10 Å². The summed E-state index contributed by atoms with van der Waals surface area (Å²) >= 11 is 0. The van der Waals surface area contributed by atoms with E-state index >= 15 is 0 Å². The molecule has 2 heteroatoms. The Kier molecular flexibility index (Phi) is 11.5. The van der Waals surface area contributed by atoms with Crippen molar-refractivity contribution >= 4 is 0 Å². The van der Waals surface area contributed by atoms with E-state index in [2.05, 4.69) is 37.2 Å². The Labute approximate surface area is 116 Å². The lowest BCUT2D eigenvalue weighted by Gasteiger charge is -2.02. The van der Waals surface area contributed by atoms with Gasteiger partial charge < -0.3 is 10.2 Å². The highest BCUT2D eigenvalue weighted by Gasteiger charge is 1.96. The summed E-state index contributed by atoms with van der Waals surface area (Å²) < 4.78 is 0. The van der Waals surface area contributed by atoms with Crippen LogP contribution in [-0.4, -0.2) is 22.4 Å². The van der Waals surface area contributed by atoms with Crippen LogP contribution in [0.2, 0.25) is 0 Å². The lowest BCUT2D eigenvalue weighted by molar-refractivity contribution is 0.208. The molecule has 0 aliphatic carbocycles. The minimum atomic E-state index is -0.823. The summed E-state index contributed by atoms with van der Waals surface area (Å²) in [6.45, 7) is 5.54. The molecule has 0 aliphatic heterocycles. The molecule has 2 atom stereocenters. The fourth-order valence-corrected chi connectivity index (χ4v) is 1.24. The van der Waals surface area contributed by atoms with Gasteiger partial charge in [-0.05, 0) is 24.3 Å². The average Bonchev–Trinajstić information content (AvgIpc) is 2.41. The van der Waals surface area contributed by atoms with E-state index in [0.29, 0.717) is 0 Å². The van der Waals surface area contributed by atoms with Crippen LogP contribution in [0.25, 0.3) is 0 Å². The van der Waals surface area contributed by atoms with Gasteiger partial charge in [0.1, 0.15) is 6.10 Å². The average molecular weight is 258 g/mol. The SMILES string of the molecule is C=CC(O)C#CC#C/C=C/C=C/C(O)CCCCC. The number of aliphatic hydroxyl groups excluding tert-OH is 2. The zero-order valence-electron chi connectivity index (χ0n) is 11.5. The monoisotopic (exact) mass is 258 g/mol. The van der Waals surface area contributed by atoms with Gasteiger partial charge in [0.15, 0.2) is 0 Å². The van der Waals surface area contributed by atoms with Crippen molar-refractivity contribution in [1.82, 2.24) is 0 Å². The largest absolute Gasteiger partial charge is 0.389 e. The smallest absolute Gasteiger partial charge is 0.134 e. The summed E-state index contributed by atoms with van der Waals surface area (Å²) in [5.41, 5.74) is 0. The van der Waals surface area contributed by atoms with Crippen LogP contribution in [0, 0.1) is 23.7 Å². The van der Waals surface area contributed by atoms with E-state index in [1.165, 1.54) is 6.08 Å². The van der Waals surface area contributed by atoms with Gasteiger partial charge in [-0.15, -0.1) is 0 Å². The maximum absolute atomic E-state index is 9.59. The molecule has 102 valence electrons. The number of aliphatic hydroxyl groups is 2. The van der Waals surface area contributed by atoms with Crippen molar-refractivity contribution in [3.05, 3.63) is 37.0 Å². The van der Waals surface area contributed by atoms with Crippen LogP contribution >= 0.6 is 0 Å². The molecule has 2 nitrogen and oxygen atoms in total. The molecule has 2 unspecified atom stereocenters. The van der Waals surface area contributed by atoms with E-state index in [4.69, 9.17) is 5.11 Å². The summed E-state index contributed by atoms with van der Waals surface area (Å²) in [5, 5.41) is 18.6. The first-order chi connectivity index (χ1) is 9.20. The van der Waals surface area contributed by atoms with E-state index < -0.39 is 6.10 Å². The van der Waals surface area contributed by atoms with E-state index in [1.807, 2.05) is 0 Å². The molecular weight excluding hydrogens is 236 g/mol. The topological polar surface area (TPSA) is 40.5 Å². The highest BCUT2D eigenvalue weighted by Crippen LogP contribution is 2.03. The van der Waals surface area contributed by atoms with Crippen LogP contribution in [0.5, 0.6) is 0 Å². The fourth-order valence-electron chi connectivity index (χ4n) is 1.24. The molecular formula is C17H22O2. The van der Waals surface area contributed by atoms with E-state index in [1.54, 1.807) is 24.3 Å². The van der Waals surface area contributed by atoms with Gasteiger partial charge in [0.2, 0.25) is 0 Å². The molecule has 0 aromatic heterocycles. The number of hydrogen-bond acceptors (Lipinski definition) is 2. The highest BCUT2D eigenvalue weighted by atomic mass is 16.3. The van der Waals surface area contributed by atoms with Gasteiger partial charge in [-0.1, -0.05) is 68.9 Å². The van der Waals surface area contributed by atoms with Crippen LogP contribution in [-0.2, 0) is 0 Å². The lowest BCUT2D eigenvalue weighted by Crippen LogP contribution is -2.00. The van der Waals surface area contributed by atoms with Crippen LogP contribution in [0.4, 0.5) is 0 Å². The van der Waals surface area contributed by atoms with Crippen LogP contribution in [0.3, 0.4) is 0 Å². The molecule has 0 aromatic rings. The molecule has 0 spiro atoms. The third-order valence-corrected chi connectivity index (χ3v) is 2.31. The second-order valence-corrected chi connectivity index (χ2v) is 4.03. The summed E-state index contributed by atoms with van der Waals surface area (Å²) in [5.74, 6) is 10.3. The summed E-state index contributed by atoms with van der Waals surface area (Å²) in [7, 11) is 0. The first kappa shape index (κ1) is 17.3. The minimum Gasteiger partial charge on any atom is -0.389 e. The van der Waals surface area contributed by atoms with Crippen molar-refractivity contribution in [1.29, 1.82) is 0 Å². The first-order valence-corrected chi connectivity index (χ1v) is 6.53. The molecule has 0 rings (SSSR count). The predicted octanol–water partition coefficient (Wildman–Crippen LogP) is 2.59. The molecule has 0 aliphatic rings. The van der Waals surface area contributed by atoms with Crippen molar-refractivity contribution < 1.29 is 10.2 Å². The zero-order valence-corrected chi connectivity index (χ0v) is 11.5. The van der Waals surface area contributed by atoms with Gasteiger partial charge in [-0.25, -0.2) is 0 Å². The van der Waals surface area contributed by atoms with Crippen molar-refractivity contribution in [2.75, 3.05) is 0 Å². The number of unbranched alkanes of at least 4 members (excludes halogenated alkanes) is 2. The molecule has 0 heterocycles. The van der Waals surface area contributed by atoms with Crippen molar-refractivity contribution in [3.8, 4) is 23.7 Å². The van der Waals surface area contributed by atoms with E-state index in [9.17, 15) is 5.11 Å². The summed E-state index contributed by atoms with van der Waals surface area (Å²) in [6.07, 6.45) is 11.2. The number of hydrogen-bond donors (Lipinski definition) is 2. The third kappa shape index (κ3) is 12.5. The Morgan fingerprint density at radius 2 is 1.95 bits per heavy atom. The zero-order chi connectivity index (χ0) is 14.3. The van der Waals surface area contributed by atoms with E-state index in [-0.39, 0.29) is 6.10 Å². The molecule has 0 saturated heterocycles. The quantitative estimate of drug-likeness (QED) is 0.319. The van der Waals surface area contributed by atoms with Gasteiger partial charge in [0, 0.05) is 0 Å². The summed E-state index contributed by atoms with van der Waals surface area (Å²) in [4.78, 5) is 0. The maximum atomic E-state index is 9.59. The summed E-state index contributed by atoms with van der Waals surface area (Å²) in [6, 6.07) is 0. The molecule has 0 aromatic carbocycles. The predicted molar refractivity (Wildman–Crippen MR) is 80.2 cm³/mol. The Hall–Kier alpha value is -1.74. The van der Waals surface area contributed by atoms with Gasteiger partial charge >= 0.3 is 0 Å². The molecule has 0 amide bonds. The fraction of sp³-hybridized carbons (Fsp3) is 0.412. The van der Waals surface area contributed by atoms with E-state index in [0.717, 1.165) is 25.7 Å². The Balaban J connectivity index is 3.91. The van der Waals surface area contributed by atoms with Gasteiger partial charge in [-0.3, -0.25) is 0 Å². The third-order valence-electron chi connectivity index (χ3n) is 2.31. The van der Waals surface area contributed by atoms with Crippen molar-refractivity contribution in [3.63, 3.8) is 0 Å². The van der Waals surface area contributed by atoms with Crippen molar-refractivity contribution in [2.45, 2.75) is 44.8 Å². The minimum absolute atomic E-state index is 0.383. The second kappa shape index (κ2) is 12.7. The second-order valence-electron chi connectivity index (χ2n) is 4.03. The molecule has 0 radical (unpaired) electrons. The highest BCUT2D eigenvalue weighted by molar-refractivity contribution is 5.33.